The normalized spacial score (nSPS) is 15.1. The summed E-state index contributed by atoms with van der Waals surface area (Å²) >= 11 is 0. The molecule has 1 heterocycles. The molecule has 0 atom stereocenters. The summed E-state index contributed by atoms with van der Waals surface area (Å²) in [7, 11) is 1.33. The van der Waals surface area contributed by atoms with Gasteiger partial charge in [0, 0.05) is 6.54 Å². The Labute approximate surface area is 175 Å². The molecule has 1 fully saturated rings. The van der Waals surface area contributed by atoms with Gasteiger partial charge in [-0.25, -0.2) is 4.79 Å². The van der Waals surface area contributed by atoms with Gasteiger partial charge in [-0.05, 0) is 48.9 Å². The van der Waals surface area contributed by atoms with E-state index in [-0.39, 0.29) is 28.6 Å². The maximum Gasteiger partial charge on any atom is 0.420 e. The first-order valence-corrected chi connectivity index (χ1v) is 9.04. The molecule has 0 radical (unpaired) electrons. The fraction of sp³-hybridized carbons (Fsp3) is 0.190. The van der Waals surface area contributed by atoms with Crippen LogP contribution in [0.1, 0.15) is 23.6 Å². The van der Waals surface area contributed by atoms with Crippen LogP contribution in [-0.4, -0.2) is 30.4 Å². The van der Waals surface area contributed by atoms with E-state index < -0.39 is 23.5 Å². The number of ether oxygens (including phenoxy) is 2. The van der Waals surface area contributed by atoms with Crippen molar-refractivity contribution in [1.82, 2.24) is 10.2 Å². The number of nitriles is 1. The van der Waals surface area contributed by atoms with Gasteiger partial charge in [-0.2, -0.15) is 18.4 Å². The number of likely N-dealkylation sites (N-methyl/N-ethyl adjacent to an activating group) is 1. The zero-order valence-corrected chi connectivity index (χ0v) is 16.5. The third kappa shape index (κ3) is 4.45. The van der Waals surface area contributed by atoms with Gasteiger partial charge in [0.25, 0.3) is 0 Å². The van der Waals surface area contributed by atoms with Crippen LogP contribution in [0, 0.1) is 16.7 Å². The second kappa shape index (κ2) is 8.39. The summed E-state index contributed by atoms with van der Waals surface area (Å²) in [4.78, 5) is 13.1. The number of nitrogens with zero attached hydrogens (tertiary/aromatic N) is 2. The largest absolute Gasteiger partial charge is 0.493 e. The minimum Gasteiger partial charge on any atom is -0.493 e. The number of urea groups is 1. The monoisotopic (exact) mass is 430 g/mol. The molecule has 0 spiro atoms. The van der Waals surface area contributed by atoms with Gasteiger partial charge in [-0.15, -0.1) is 0 Å². The fourth-order valence-electron chi connectivity index (χ4n) is 2.95. The highest BCUT2D eigenvalue weighted by atomic mass is 19.4. The molecule has 0 aromatic heterocycles. The van der Waals surface area contributed by atoms with Gasteiger partial charge in [-0.1, -0.05) is 6.07 Å². The molecule has 160 valence electrons. The number of amides is 2. The average Bonchev–Trinajstić information content (AvgIpc) is 3.00. The minimum atomic E-state index is -4.72. The van der Waals surface area contributed by atoms with Crippen molar-refractivity contribution < 1.29 is 27.4 Å². The Morgan fingerprint density at radius 1 is 1.19 bits per heavy atom. The van der Waals surface area contributed by atoms with E-state index >= 15 is 0 Å². The van der Waals surface area contributed by atoms with Crippen molar-refractivity contribution in [3.05, 3.63) is 58.8 Å². The SMILES string of the molecule is CCN1C(=N)/C(=C/c2ccc(Oc3ccc(C#N)cc3C(F)(F)F)c(OC)c2)NC1=O. The summed E-state index contributed by atoms with van der Waals surface area (Å²) in [6.07, 6.45) is -3.17. The van der Waals surface area contributed by atoms with Crippen LogP contribution in [0.15, 0.2) is 42.1 Å². The van der Waals surface area contributed by atoms with Crippen molar-refractivity contribution in [3.8, 4) is 23.3 Å². The third-order valence-electron chi connectivity index (χ3n) is 4.46. The molecular weight excluding hydrogens is 413 g/mol. The number of halogens is 3. The Morgan fingerprint density at radius 2 is 1.90 bits per heavy atom. The maximum absolute atomic E-state index is 13.4. The Balaban J connectivity index is 1.94. The molecule has 2 aromatic rings. The number of rotatable bonds is 5. The highest BCUT2D eigenvalue weighted by Crippen LogP contribution is 2.41. The van der Waals surface area contributed by atoms with Crippen LogP contribution in [0.25, 0.3) is 6.08 Å². The smallest absolute Gasteiger partial charge is 0.420 e. The van der Waals surface area contributed by atoms with Crippen molar-refractivity contribution in [3.63, 3.8) is 0 Å². The number of carbonyl (C=O) groups is 1. The van der Waals surface area contributed by atoms with E-state index in [1.807, 2.05) is 0 Å². The predicted octanol–water partition coefficient (Wildman–Crippen LogP) is 4.74. The number of alkyl halides is 3. The quantitative estimate of drug-likeness (QED) is 0.716. The molecule has 3 rings (SSSR count). The van der Waals surface area contributed by atoms with Crippen LogP contribution >= 0.6 is 0 Å². The lowest BCUT2D eigenvalue weighted by atomic mass is 10.1. The Kier molecular flexibility index (Phi) is 5.88. The van der Waals surface area contributed by atoms with Crippen LogP contribution in [-0.2, 0) is 6.18 Å². The molecule has 1 saturated heterocycles. The van der Waals surface area contributed by atoms with Gasteiger partial charge in [0.1, 0.15) is 5.75 Å². The maximum atomic E-state index is 13.4. The second-order valence-electron chi connectivity index (χ2n) is 6.41. The van der Waals surface area contributed by atoms with E-state index in [0.717, 1.165) is 6.07 Å². The third-order valence-corrected chi connectivity index (χ3v) is 4.46. The average molecular weight is 430 g/mol. The fourth-order valence-corrected chi connectivity index (χ4v) is 2.95. The summed E-state index contributed by atoms with van der Waals surface area (Å²) < 4.78 is 50.9. The molecule has 1 aliphatic heterocycles. The number of methoxy groups -OCH3 is 1. The van der Waals surface area contributed by atoms with Crippen molar-refractivity contribution in [2.24, 2.45) is 0 Å². The van der Waals surface area contributed by atoms with Crippen molar-refractivity contribution >= 4 is 17.9 Å². The predicted molar refractivity (Wildman–Crippen MR) is 106 cm³/mol. The van der Waals surface area contributed by atoms with Gasteiger partial charge in [0.05, 0.1) is 30.0 Å². The van der Waals surface area contributed by atoms with Gasteiger partial charge in [0.2, 0.25) is 0 Å². The zero-order chi connectivity index (χ0) is 22.8. The molecule has 2 amide bonds. The van der Waals surface area contributed by atoms with Crippen LogP contribution in [0.4, 0.5) is 18.0 Å². The van der Waals surface area contributed by atoms with E-state index in [0.29, 0.717) is 18.2 Å². The van der Waals surface area contributed by atoms with Gasteiger partial charge in [0.15, 0.2) is 17.3 Å². The zero-order valence-electron chi connectivity index (χ0n) is 16.5. The van der Waals surface area contributed by atoms with Crippen LogP contribution in [0.2, 0.25) is 0 Å². The lowest BCUT2D eigenvalue weighted by molar-refractivity contribution is -0.138. The van der Waals surface area contributed by atoms with Crippen LogP contribution in [0.5, 0.6) is 17.2 Å². The molecule has 0 bridgehead atoms. The van der Waals surface area contributed by atoms with Gasteiger partial charge in [-0.3, -0.25) is 10.3 Å². The van der Waals surface area contributed by atoms with Crippen molar-refractivity contribution in [2.75, 3.05) is 13.7 Å². The Morgan fingerprint density at radius 3 is 2.48 bits per heavy atom. The number of hydrogen-bond donors (Lipinski definition) is 2. The summed E-state index contributed by atoms with van der Waals surface area (Å²) in [5.41, 5.74) is -0.399. The standard InChI is InChI=1S/C21H17F3N4O3/c1-3-28-19(26)15(27-20(28)29)9-12-4-7-17(18(10-12)30-2)31-16-6-5-13(11-25)8-14(16)21(22,23)24/h4-10,26H,3H2,1-2H3,(H,27,29)/b15-9-,26-19?. The number of carbonyl (C=O) groups excluding carboxylic acids is 1. The van der Waals surface area contributed by atoms with Gasteiger partial charge < -0.3 is 14.8 Å². The molecule has 31 heavy (non-hydrogen) atoms. The summed E-state index contributed by atoms with van der Waals surface area (Å²) in [5, 5.41) is 19.5. The van der Waals surface area contributed by atoms with E-state index in [1.165, 1.54) is 30.2 Å². The molecule has 0 saturated carbocycles. The summed E-state index contributed by atoms with van der Waals surface area (Å²) in [6.45, 7) is 2.08. The number of nitrogens with one attached hydrogen (secondary N) is 2. The molecule has 7 nitrogen and oxygen atoms in total. The second-order valence-corrected chi connectivity index (χ2v) is 6.41. The first kappa shape index (κ1) is 21.7. The summed E-state index contributed by atoms with van der Waals surface area (Å²) in [6, 6.07) is 8.75. The molecule has 1 aliphatic rings. The summed E-state index contributed by atoms with van der Waals surface area (Å²) in [5.74, 6) is -0.283. The first-order chi connectivity index (χ1) is 14.7. The first-order valence-electron chi connectivity index (χ1n) is 9.04. The van der Waals surface area contributed by atoms with E-state index in [4.69, 9.17) is 20.1 Å². The van der Waals surface area contributed by atoms with Gasteiger partial charge >= 0.3 is 12.2 Å². The minimum absolute atomic E-state index is 0.0131. The topological polar surface area (TPSA) is 98.4 Å². The molecular formula is C21H17F3N4O3. The number of benzene rings is 2. The molecule has 2 N–H and O–H groups in total. The van der Waals surface area contributed by atoms with Crippen molar-refractivity contribution in [1.29, 1.82) is 10.7 Å². The molecule has 10 heteroatoms. The highest BCUT2D eigenvalue weighted by molar-refractivity contribution is 6.15. The van der Waals surface area contributed by atoms with Crippen LogP contribution in [0.3, 0.4) is 0 Å². The molecule has 0 aliphatic carbocycles. The number of hydrogen-bond acceptors (Lipinski definition) is 5. The van der Waals surface area contributed by atoms with Crippen LogP contribution < -0.4 is 14.8 Å². The van der Waals surface area contributed by atoms with E-state index in [9.17, 15) is 18.0 Å². The Bertz CT molecular complexity index is 1120. The lowest BCUT2D eigenvalue weighted by Gasteiger charge is -2.16. The Hall–Kier alpha value is -4.00. The van der Waals surface area contributed by atoms with E-state index in [2.05, 4.69) is 5.32 Å². The lowest BCUT2D eigenvalue weighted by Crippen LogP contribution is -2.29. The molecule has 2 aromatic carbocycles. The number of amidine groups is 1. The van der Waals surface area contributed by atoms with E-state index in [1.54, 1.807) is 25.1 Å². The highest BCUT2D eigenvalue weighted by Gasteiger charge is 2.35. The molecule has 0 unspecified atom stereocenters. The van der Waals surface area contributed by atoms with Crippen molar-refractivity contribution in [2.45, 2.75) is 13.1 Å².